The molecule has 2 bridgehead atoms. The number of likely N-dealkylation sites (N-methyl/N-ethyl adjacent to an activating group) is 1. The highest BCUT2D eigenvalue weighted by Gasteiger charge is 2.73. The van der Waals surface area contributed by atoms with Crippen LogP contribution in [0.5, 0.6) is 11.5 Å². The SMILES string of the molecule is CO[C@@]12CCC(N[C@@H](CCSC)C(=O)O)C3Oc4c(O)ccc5c4[C@@]31CCN(C)[C@@H]2C5. The summed E-state index contributed by atoms with van der Waals surface area (Å²) in [5.74, 6) is 0.712. The molecule has 1 aromatic rings. The summed E-state index contributed by atoms with van der Waals surface area (Å²) < 4.78 is 13.0. The number of phenolic OH excluding ortho intramolecular Hbond substituents is 1. The van der Waals surface area contributed by atoms with E-state index in [4.69, 9.17) is 9.47 Å². The van der Waals surface area contributed by atoms with Crippen LogP contribution in [0.3, 0.4) is 0 Å². The minimum absolute atomic E-state index is 0.118. The lowest BCUT2D eigenvalue weighted by Crippen LogP contribution is -2.78. The van der Waals surface area contributed by atoms with Gasteiger partial charge in [0.05, 0.1) is 11.0 Å². The highest BCUT2D eigenvalue weighted by Crippen LogP contribution is 2.66. The molecule has 1 saturated carbocycles. The molecular formula is C23H32N2O5S. The quantitative estimate of drug-likeness (QED) is 0.584. The molecule has 8 heteroatoms. The first-order valence-corrected chi connectivity index (χ1v) is 12.5. The second-order valence-electron chi connectivity index (χ2n) is 9.49. The number of aliphatic carboxylic acids is 1. The van der Waals surface area contributed by atoms with Crippen LogP contribution >= 0.6 is 11.8 Å². The van der Waals surface area contributed by atoms with Crippen molar-refractivity contribution >= 4 is 17.7 Å². The molecule has 2 aliphatic carbocycles. The van der Waals surface area contributed by atoms with E-state index in [1.165, 1.54) is 5.56 Å². The van der Waals surface area contributed by atoms with E-state index < -0.39 is 17.6 Å². The van der Waals surface area contributed by atoms with Crippen molar-refractivity contribution in [3.05, 3.63) is 23.3 Å². The standard InChI is InChI=1S/C23H32N2O5S/c1-25-10-9-22-18-13-4-5-16(26)19(18)30-20(22)14(24-15(21(27)28)7-11-31-3)6-8-23(22,29-2)17(25)12-13/h4-5,14-15,17,20,24,26H,6-12H2,1-3H3,(H,27,28)/t14?,15-,17+,20?,22-,23+/m0/s1. The first-order chi connectivity index (χ1) is 14.9. The van der Waals surface area contributed by atoms with E-state index in [1.54, 1.807) is 17.8 Å². The van der Waals surface area contributed by atoms with Crippen LogP contribution < -0.4 is 10.1 Å². The average molecular weight is 449 g/mol. The maximum atomic E-state index is 12.0. The summed E-state index contributed by atoms with van der Waals surface area (Å²) in [7, 11) is 3.98. The van der Waals surface area contributed by atoms with Gasteiger partial charge in [0.2, 0.25) is 0 Å². The minimum atomic E-state index is -0.820. The number of piperidine rings is 1. The highest BCUT2D eigenvalue weighted by molar-refractivity contribution is 7.98. The van der Waals surface area contributed by atoms with E-state index in [-0.39, 0.29) is 29.4 Å². The number of carboxylic acids is 1. The maximum Gasteiger partial charge on any atom is 0.320 e. The number of nitrogens with one attached hydrogen (secondary N) is 1. The fourth-order valence-electron chi connectivity index (χ4n) is 7.08. The van der Waals surface area contributed by atoms with Gasteiger partial charge in [-0.3, -0.25) is 10.1 Å². The first-order valence-electron chi connectivity index (χ1n) is 11.1. The molecular weight excluding hydrogens is 416 g/mol. The van der Waals surface area contributed by atoms with Crippen molar-refractivity contribution in [2.45, 2.75) is 67.3 Å². The number of carbonyl (C=O) groups is 1. The van der Waals surface area contributed by atoms with Crippen LogP contribution in [0.1, 0.15) is 36.8 Å². The zero-order chi connectivity index (χ0) is 22.0. The van der Waals surface area contributed by atoms with Crippen molar-refractivity contribution in [2.75, 3.05) is 32.7 Å². The zero-order valence-corrected chi connectivity index (χ0v) is 19.2. The lowest BCUT2D eigenvalue weighted by atomic mass is 9.48. The largest absolute Gasteiger partial charge is 0.504 e. The van der Waals surface area contributed by atoms with Gasteiger partial charge in [-0.05, 0) is 69.3 Å². The van der Waals surface area contributed by atoms with Gasteiger partial charge in [-0.15, -0.1) is 0 Å². The molecule has 170 valence electrons. The number of carboxylic acid groups (broad SMARTS) is 1. The number of nitrogens with zero attached hydrogens (tertiary/aromatic N) is 1. The molecule has 4 aliphatic rings. The van der Waals surface area contributed by atoms with Crippen LogP contribution in [-0.2, 0) is 21.4 Å². The number of phenols is 1. The fourth-order valence-corrected chi connectivity index (χ4v) is 7.55. The fraction of sp³-hybridized carbons (Fsp3) is 0.696. The Morgan fingerprint density at radius 1 is 1.45 bits per heavy atom. The van der Waals surface area contributed by atoms with Crippen molar-refractivity contribution in [3.63, 3.8) is 0 Å². The first kappa shape index (κ1) is 21.4. The minimum Gasteiger partial charge on any atom is -0.504 e. The lowest BCUT2D eigenvalue weighted by Gasteiger charge is -2.65. The second kappa shape index (κ2) is 7.54. The summed E-state index contributed by atoms with van der Waals surface area (Å²) in [5, 5.41) is 24.0. The lowest BCUT2D eigenvalue weighted by molar-refractivity contribution is -0.204. The Morgan fingerprint density at radius 2 is 2.26 bits per heavy atom. The highest BCUT2D eigenvalue weighted by atomic mass is 32.2. The number of rotatable bonds is 7. The Labute approximate surface area is 187 Å². The molecule has 0 radical (unpaired) electrons. The van der Waals surface area contributed by atoms with Gasteiger partial charge in [0.25, 0.3) is 0 Å². The number of aromatic hydroxyl groups is 1. The summed E-state index contributed by atoms with van der Waals surface area (Å²) in [6, 6.07) is 3.26. The molecule has 0 aromatic heterocycles. The molecule has 2 heterocycles. The molecule has 2 unspecified atom stereocenters. The molecule has 1 saturated heterocycles. The normalized spacial score (nSPS) is 36.5. The smallest absolute Gasteiger partial charge is 0.320 e. The Bertz CT molecular complexity index is 897. The molecule has 5 rings (SSSR count). The van der Waals surface area contributed by atoms with Crippen LogP contribution in [0.25, 0.3) is 0 Å². The van der Waals surface area contributed by atoms with Gasteiger partial charge in [0, 0.05) is 24.8 Å². The Kier molecular flexibility index (Phi) is 5.20. The van der Waals surface area contributed by atoms with E-state index in [2.05, 4.69) is 17.3 Å². The van der Waals surface area contributed by atoms with Gasteiger partial charge < -0.3 is 24.6 Å². The molecule has 2 aliphatic heterocycles. The Balaban J connectivity index is 1.61. The maximum absolute atomic E-state index is 12.0. The van der Waals surface area contributed by atoms with E-state index in [1.807, 2.05) is 19.4 Å². The van der Waals surface area contributed by atoms with Gasteiger partial charge >= 0.3 is 5.97 Å². The van der Waals surface area contributed by atoms with E-state index in [0.29, 0.717) is 12.2 Å². The van der Waals surface area contributed by atoms with Crippen LogP contribution in [0, 0.1) is 0 Å². The molecule has 3 N–H and O–H groups in total. The molecule has 1 spiro atoms. The number of benzene rings is 1. The van der Waals surface area contributed by atoms with Crippen LogP contribution in [0.2, 0.25) is 0 Å². The molecule has 0 amide bonds. The monoisotopic (exact) mass is 448 g/mol. The van der Waals surface area contributed by atoms with Crippen molar-refractivity contribution < 1.29 is 24.5 Å². The van der Waals surface area contributed by atoms with Crippen molar-refractivity contribution in [1.82, 2.24) is 10.2 Å². The topological polar surface area (TPSA) is 91.3 Å². The summed E-state index contributed by atoms with van der Waals surface area (Å²) >= 11 is 1.66. The number of likely N-dealkylation sites (tertiary alicyclic amines) is 1. The predicted molar refractivity (Wildman–Crippen MR) is 119 cm³/mol. The number of methoxy groups -OCH3 is 1. The van der Waals surface area contributed by atoms with Crippen molar-refractivity contribution in [3.8, 4) is 11.5 Å². The van der Waals surface area contributed by atoms with Crippen molar-refractivity contribution in [2.24, 2.45) is 0 Å². The third kappa shape index (κ3) is 2.74. The van der Waals surface area contributed by atoms with Crippen LogP contribution in [0.15, 0.2) is 12.1 Å². The van der Waals surface area contributed by atoms with E-state index >= 15 is 0 Å². The van der Waals surface area contributed by atoms with Gasteiger partial charge in [-0.2, -0.15) is 11.8 Å². The van der Waals surface area contributed by atoms with Crippen LogP contribution in [0.4, 0.5) is 0 Å². The molecule has 2 fully saturated rings. The summed E-state index contributed by atoms with van der Waals surface area (Å²) in [5.41, 5.74) is 1.52. The number of hydrogen-bond donors (Lipinski definition) is 3. The van der Waals surface area contributed by atoms with Gasteiger partial charge in [0.15, 0.2) is 11.5 Å². The summed E-state index contributed by atoms with van der Waals surface area (Å²) in [6.07, 6.45) is 5.63. The van der Waals surface area contributed by atoms with Gasteiger partial charge in [-0.25, -0.2) is 0 Å². The van der Waals surface area contributed by atoms with Gasteiger partial charge in [0.1, 0.15) is 12.1 Å². The Hall–Kier alpha value is -1.48. The molecule has 31 heavy (non-hydrogen) atoms. The average Bonchev–Trinajstić information content (AvgIpc) is 3.11. The molecule has 7 nitrogen and oxygen atoms in total. The second-order valence-corrected chi connectivity index (χ2v) is 10.5. The van der Waals surface area contributed by atoms with E-state index in [9.17, 15) is 15.0 Å². The number of hydrogen-bond acceptors (Lipinski definition) is 7. The Morgan fingerprint density at radius 3 is 2.97 bits per heavy atom. The van der Waals surface area contributed by atoms with E-state index in [0.717, 1.165) is 43.5 Å². The number of ether oxygens (including phenoxy) is 2. The molecule has 6 atom stereocenters. The number of thioether (sulfide) groups is 1. The van der Waals surface area contributed by atoms with Crippen molar-refractivity contribution in [1.29, 1.82) is 0 Å². The van der Waals surface area contributed by atoms with Gasteiger partial charge in [-0.1, -0.05) is 6.07 Å². The predicted octanol–water partition coefficient (Wildman–Crippen LogP) is 1.99. The third-order valence-corrected chi connectivity index (χ3v) is 9.02. The summed E-state index contributed by atoms with van der Waals surface area (Å²) in [6.45, 7) is 0.922. The molecule has 1 aromatic carbocycles. The summed E-state index contributed by atoms with van der Waals surface area (Å²) in [4.78, 5) is 14.4. The third-order valence-electron chi connectivity index (χ3n) is 8.38. The zero-order valence-electron chi connectivity index (χ0n) is 18.4. The van der Waals surface area contributed by atoms with Crippen LogP contribution in [-0.4, -0.2) is 83.6 Å².